The van der Waals surface area contributed by atoms with Gasteiger partial charge >= 0.3 is 11.9 Å². The molecule has 1 aliphatic heterocycles. The van der Waals surface area contributed by atoms with Gasteiger partial charge in [0.2, 0.25) is 6.10 Å². The van der Waals surface area contributed by atoms with Gasteiger partial charge in [0.1, 0.15) is 6.61 Å². The van der Waals surface area contributed by atoms with Crippen LogP contribution in [-0.2, 0) is 23.8 Å². The predicted molar refractivity (Wildman–Crippen MR) is 37.3 cm³/mol. The molecule has 0 radical (unpaired) electrons. The maximum atomic E-state index is 10.8. The van der Waals surface area contributed by atoms with E-state index in [0.717, 1.165) is 0 Å². The summed E-state index contributed by atoms with van der Waals surface area (Å²) in [6, 6.07) is 0. The summed E-state index contributed by atoms with van der Waals surface area (Å²) < 4.78 is 13.8. The third-order valence-electron chi connectivity index (χ3n) is 1.42. The third kappa shape index (κ3) is 2.20. The van der Waals surface area contributed by atoms with Gasteiger partial charge < -0.3 is 14.2 Å². The zero-order chi connectivity index (χ0) is 8.97. The van der Waals surface area contributed by atoms with E-state index in [0.29, 0.717) is 13.0 Å². The number of ether oxygens (including phenoxy) is 3. The Kier molecular flexibility index (Phi) is 3.04. The zero-order valence-electron chi connectivity index (χ0n) is 6.74. The molecule has 0 N–H and O–H groups in total. The van der Waals surface area contributed by atoms with Crippen molar-refractivity contribution in [2.45, 2.75) is 12.5 Å². The Bertz CT molecular complexity index is 188. The summed E-state index contributed by atoms with van der Waals surface area (Å²) in [7, 11) is 1.38. The van der Waals surface area contributed by atoms with Crippen molar-refractivity contribution in [2.75, 3.05) is 20.3 Å². The minimum absolute atomic E-state index is 0.135. The lowest BCUT2D eigenvalue weighted by Gasteiger charge is -2.06. The van der Waals surface area contributed by atoms with E-state index in [4.69, 9.17) is 4.74 Å². The van der Waals surface area contributed by atoms with Crippen molar-refractivity contribution in [3.63, 3.8) is 0 Å². The van der Waals surface area contributed by atoms with Crippen LogP contribution in [0.25, 0.3) is 0 Å². The molecule has 0 unspecified atom stereocenters. The molecule has 0 aliphatic carbocycles. The van der Waals surface area contributed by atoms with Crippen molar-refractivity contribution in [2.24, 2.45) is 0 Å². The summed E-state index contributed by atoms with van der Waals surface area (Å²) in [5.41, 5.74) is 0. The third-order valence-corrected chi connectivity index (χ3v) is 1.42. The van der Waals surface area contributed by atoms with Gasteiger partial charge in [-0.05, 0) is 0 Å². The highest BCUT2D eigenvalue weighted by Gasteiger charge is 2.29. The lowest BCUT2D eigenvalue weighted by molar-refractivity contribution is -0.162. The fourth-order valence-corrected chi connectivity index (χ4v) is 0.895. The quantitative estimate of drug-likeness (QED) is 0.539. The molecule has 5 nitrogen and oxygen atoms in total. The van der Waals surface area contributed by atoms with Crippen molar-refractivity contribution in [1.82, 2.24) is 0 Å². The molecule has 0 amide bonds. The van der Waals surface area contributed by atoms with Crippen molar-refractivity contribution in [3.8, 4) is 0 Å². The number of hydrogen-bond acceptors (Lipinski definition) is 5. The number of methoxy groups -OCH3 is 1. The Morgan fingerprint density at radius 3 is 3.00 bits per heavy atom. The van der Waals surface area contributed by atoms with Gasteiger partial charge in [-0.15, -0.1) is 0 Å². The first kappa shape index (κ1) is 8.99. The monoisotopic (exact) mass is 174 g/mol. The first-order valence-electron chi connectivity index (χ1n) is 3.59. The highest BCUT2D eigenvalue weighted by atomic mass is 16.6. The van der Waals surface area contributed by atoms with Crippen LogP contribution < -0.4 is 0 Å². The zero-order valence-corrected chi connectivity index (χ0v) is 6.74. The lowest BCUT2D eigenvalue weighted by atomic mass is 10.3. The Balaban J connectivity index is 2.30. The van der Waals surface area contributed by atoms with Crippen LogP contribution in [0.4, 0.5) is 0 Å². The van der Waals surface area contributed by atoms with Gasteiger partial charge in [-0.3, -0.25) is 0 Å². The molecule has 0 aromatic carbocycles. The molecule has 0 spiro atoms. The predicted octanol–water partition coefficient (Wildman–Crippen LogP) is -0.508. The molecule has 1 atom stereocenters. The van der Waals surface area contributed by atoms with Gasteiger partial charge in [-0.1, -0.05) is 0 Å². The SMILES string of the molecule is COCC(=O)O[C@H]1CCOC1=O. The first-order chi connectivity index (χ1) is 5.74. The standard InChI is InChI=1S/C7H10O5/c1-10-4-6(8)12-5-2-3-11-7(5)9/h5H,2-4H2,1H3/t5-/m0/s1. The fourth-order valence-electron chi connectivity index (χ4n) is 0.895. The van der Waals surface area contributed by atoms with Gasteiger partial charge in [-0.2, -0.15) is 0 Å². The van der Waals surface area contributed by atoms with E-state index in [2.05, 4.69) is 9.47 Å². The van der Waals surface area contributed by atoms with E-state index in [1.165, 1.54) is 7.11 Å². The molecule has 1 aliphatic rings. The van der Waals surface area contributed by atoms with Crippen LogP contribution in [0.15, 0.2) is 0 Å². The van der Waals surface area contributed by atoms with Gasteiger partial charge in [0.15, 0.2) is 0 Å². The number of carbonyl (C=O) groups excluding carboxylic acids is 2. The fraction of sp³-hybridized carbons (Fsp3) is 0.714. The average Bonchev–Trinajstić information content (AvgIpc) is 2.37. The number of hydrogen-bond donors (Lipinski definition) is 0. The maximum absolute atomic E-state index is 10.8. The largest absolute Gasteiger partial charge is 0.463 e. The van der Waals surface area contributed by atoms with Crippen molar-refractivity contribution in [3.05, 3.63) is 0 Å². The number of carbonyl (C=O) groups is 2. The molecule has 5 heteroatoms. The van der Waals surface area contributed by atoms with Crippen LogP contribution in [0.1, 0.15) is 6.42 Å². The highest BCUT2D eigenvalue weighted by molar-refractivity contribution is 5.80. The van der Waals surface area contributed by atoms with Crippen LogP contribution in [0.5, 0.6) is 0 Å². The van der Waals surface area contributed by atoms with Crippen LogP contribution in [-0.4, -0.2) is 38.4 Å². The van der Waals surface area contributed by atoms with E-state index in [9.17, 15) is 9.59 Å². The number of esters is 2. The van der Waals surface area contributed by atoms with Gasteiger partial charge in [0.25, 0.3) is 0 Å². The Morgan fingerprint density at radius 2 is 2.50 bits per heavy atom. The van der Waals surface area contributed by atoms with Gasteiger partial charge in [0.05, 0.1) is 6.61 Å². The first-order valence-corrected chi connectivity index (χ1v) is 3.59. The summed E-state index contributed by atoms with van der Waals surface area (Å²) in [5.74, 6) is -1.01. The lowest BCUT2D eigenvalue weighted by Crippen LogP contribution is -2.24. The molecule has 12 heavy (non-hydrogen) atoms. The van der Waals surface area contributed by atoms with Crippen LogP contribution in [0.2, 0.25) is 0 Å². The average molecular weight is 174 g/mol. The molecule has 0 aromatic rings. The molecule has 68 valence electrons. The molecule has 0 saturated carbocycles. The molecule has 1 rings (SSSR count). The summed E-state index contributed by atoms with van der Waals surface area (Å²) in [5, 5.41) is 0. The Labute approximate surface area is 69.6 Å². The van der Waals surface area contributed by atoms with E-state index in [-0.39, 0.29) is 6.61 Å². The number of rotatable bonds is 3. The summed E-state index contributed by atoms with van der Waals surface area (Å²) in [4.78, 5) is 21.6. The van der Waals surface area contributed by atoms with Crippen molar-refractivity contribution < 1.29 is 23.8 Å². The molecule has 0 bridgehead atoms. The molecular formula is C7H10O5. The van der Waals surface area contributed by atoms with E-state index >= 15 is 0 Å². The van der Waals surface area contributed by atoms with Crippen LogP contribution in [0, 0.1) is 0 Å². The minimum atomic E-state index is -0.729. The van der Waals surface area contributed by atoms with E-state index in [1.54, 1.807) is 0 Å². The van der Waals surface area contributed by atoms with Crippen LogP contribution in [0.3, 0.4) is 0 Å². The second-order valence-corrected chi connectivity index (χ2v) is 2.37. The highest BCUT2D eigenvalue weighted by Crippen LogP contribution is 2.09. The molecular weight excluding hydrogens is 164 g/mol. The normalized spacial score (nSPS) is 22.1. The molecule has 1 fully saturated rings. The van der Waals surface area contributed by atoms with Gasteiger partial charge in [0, 0.05) is 13.5 Å². The second-order valence-electron chi connectivity index (χ2n) is 2.37. The van der Waals surface area contributed by atoms with E-state index in [1.807, 2.05) is 0 Å². The summed E-state index contributed by atoms with van der Waals surface area (Å²) in [6.45, 7) is 0.188. The van der Waals surface area contributed by atoms with Crippen molar-refractivity contribution >= 4 is 11.9 Å². The second kappa shape index (κ2) is 4.06. The Hall–Kier alpha value is -1.10. The van der Waals surface area contributed by atoms with Crippen LogP contribution >= 0.6 is 0 Å². The number of cyclic esters (lactones) is 1. The van der Waals surface area contributed by atoms with E-state index < -0.39 is 18.0 Å². The molecule has 1 saturated heterocycles. The smallest absolute Gasteiger partial charge is 0.347 e. The summed E-state index contributed by atoms with van der Waals surface area (Å²) in [6.07, 6.45) is -0.290. The summed E-state index contributed by atoms with van der Waals surface area (Å²) >= 11 is 0. The Morgan fingerprint density at radius 1 is 1.75 bits per heavy atom. The van der Waals surface area contributed by atoms with Gasteiger partial charge in [-0.25, -0.2) is 9.59 Å². The maximum Gasteiger partial charge on any atom is 0.347 e. The topological polar surface area (TPSA) is 61.8 Å². The molecule has 0 aromatic heterocycles. The van der Waals surface area contributed by atoms with Crippen molar-refractivity contribution in [1.29, 1.82) is 0 Å². The minimum Gasteiger partial charge on any atom is -0.463 e. The molecule has 1 heterocycles.